The molecule has 0 unspecified atom stereocenters. The van der Waals surface area contributed by atoms with Gasteiger partial charge in [0.15, 0.2) is 11.5 Å². The zero-order valence-electron chi connectivity index (χ0n) is 14.5. The largest absolute Gasteiger partial charge is 0.504 e. The van der Waals surface area contributed by atoms with Gasteiger partial charge in [-0.25, -0.2) is 5.43 Å². The standard InChI is InChI=1S/C20H19N3O3/c1-13-6-7-14(2)23(13)17-10-8-15(9-11-17)20(26)22-21-12-16-4-3-5-18(24)19(16)25/h3-12,24-25H,1-2H3,(H,22,26)/b21-12+. The average Bonchev–Trinajstić information content (AvgIpc) is 2.97. The zero-order chi connectivity index (χ0) is 18.7. The number of para-hydroxylation sites is 1. The molecule has 3 N–H and O–H groups in total. The molecule has 0 aliphatic carbocycles. The van der Waals surface area contributed by atoms with Crippen LogP contribution in [0.5, 0.6) is 11.5 Å². The molecule has 6 nitrogen and oxygen atoms in total. The molecule has 0 fully saturated rings. The first-order valence-electron chi connectivity index (χ1n) is 8.07. The highest BCUT2D eigenvalue weighted by molar-refractivity contribution is 5.95. The number of rotatable bonds is 4. The molecule has 0 bridgehead atoms. The number of phenols is 2. The second-order valence-electron chi connectivity index (χ2n) is 5.91. The summed E-state index contributed by atoms with van der Waals surface area (Å²) in [5.74, 6) is -0.896. The van der Waals surface area contributed by atoms with E-state index in [4.69, 9.17) is 0 Å². The van der Waals surface area contributed by atoms with Gasteiger partial charge in [-0.15, -0.1) is 0 Å². The van der Waals surface area contributed by atoms with Gasteiger partial charge >= 0.3 is 0 Å². The second kappa shape index (κ2) is 7.14. The van der Waals surface area contributed by atoms with Crippen molar-refractivity contribution in [1.29, 1.82) is 0 Å². The van der Waals surface area contributed by atoms with Gasteiger partial charge in [0, 0.05) is 28.2 Å². The average molecular weight is 349 g/mol. The van der Waals surface area contributed by atoms with Crippen molar-refractivity contribution in [3.63, 3.8) is 0 Å². The summed E-state index contributed by atoms with van der Waals surface area (Å²) in [5, 5.41) is 22.9. The molecule has 0 radical (unpaired) electrons. The molecule has 2 aromatic carbocycles. The van der Waals surface area contributed by atoms with E-state index in [9.17, 15) is 15.0 Å². The first-order chi connectivity index (χ1) is 12.5. The highest BCUT2D eigenvalue weighted by atomic mass is 16.3. The predicted octanol–water partition coefficient (Wildman–Crippen LogP) is 3.27. The van der Waals surface area contributed by atoms with E-state index < -0.39 is 0 Å². The summed E-state index contributed by atoms with van der Waals surface area (Å²) in [7, 11) is 0. The van der Waals surface area contributed by atoms with Crippen molar-refractivity contribution in [3.05, 3.63) is 77.1 Å². The lowest BCUT2D eigenvalue weighted by Gasteiger charge is -2.10. The van der Waals surface area contributed by atoms with E-state index in [0.29, 0.717) is 11.1 Å². The molecule has 0 spiro atoms. The molecule has 3 aromatic rings. The number of aromatic hydroxyl groups is 2. The number of nitrogens with zero attached hydrogens (tertiary/aromatic N) is 2. The number of aryl methyl sites for hydroxylation is 2. The number of nitrogens with one attached hydrogen (secondary N) is 1. The molecule has 1 aromatic heterocycles. The highest BCUT2D eigenvalue weighted by Crippen LogP contribution is 2.26. The van der Waals surface area contributed by atoms with Crippen LogP contribution in [0.25, 0.3) is 5.69 Å². The maximum Gasteiger partial charge on any atom is 0.271 e. The Morgan fingerprint density at radius 2 is 1.65 bits per heavy atom. The lowest BCUT2D eigenvalue weighted by molar-refractivity contribution is 0.0955. The normalized spacial score (nSPS) is 11.0. The Hall–Kier alpha value is -3.54. The lowest BCUT2D eigenvalue weighted by Crippen LogP contribution is -2.17. The zero-order valence-corrected chi connectivity index (χ0v) is 14.5. The number of carbonyl (C=O) groups excluding carboxylic acids is 1. The van der Waals surface area contributed by atoms with Gasteiger partial charge in [0.2, 0.25) is 0 Å². The third-order valence-corrected chi connectivity index (χ3v) is 4.07. The summed E-state index contributed by atoms with van der Waals surface area (Å²) in [6.45, 7) is 4.05. The summed E-state index contributed by atoms with van der Waals surface area (Å²) in [4.78, 5) is 12.2. The predicted molar refractivity (Wildman–Crippen MR) is 100 cm³/mol. The molecule has 1 amide bonds. The van der Waals surface area contributed by atoms with E-state index >= 15 is 0 Å². The minimum atomic E-state index is -0.367. The molecule has 3 rings (SSSR count). The fraction of sp³-hybridized carbons (Fsp3) is 0.100. The van der Waals surface area contributed by atoms with Crippen LogP contribution in [0, 0.1) is 13.8 Å². The Bertz CT molecular complexity index is 953. The molecule has 0 aliphatic heterocycles. The van der Waals surface area contributed by atoms with E-state index in [1.54, 1.807) is 24.3 Å². The first-order valence-corrected chi connectivity index (χ1v) is 8.07. The monoisotopic (exact) mass is 349 g/mol. The van der Waals surface area contributed by atoms with Gasteiger partial charge in [-0.2, -0.15) is 5.10 Å². The van der Waals surface area contributed by atoms with E-state index in [0.717, 1.165) is 17.1 Å². The number of hydrogen-bond donors (Lipinski definition) is 3. The quantitative estimate of drug-likeness (QED) is 0.384. The van der Waals surface area contributed by atoms with Crippen LogP contribution >= 0.6 is 0 Å². The highest BCUT2D eigenvalue weighted by Gasteiger charge is 2.08. The Labute approximate surface area is 151 Å². The molecule has 0 saturated heterocycles. The van der Waals surface area contributed by atoms with Crippen molar-refractivity contribution in [3.8, 4) is 17.2 Å². The van der Waals surface area contributed by atoms with Crippen LogP contribution in [0.3, 0.4) is 0 Å². The van der Waals surface area contributed by atoms with Crippen molar-refractivity contribution in [2.75, 3.05) is 0 Å². The number of hydrogen-bond acceptors (Lipinski definition) is 4. The van der Waals surface area contributed by atoms with Gasteiger partial charge in [-0.1, -0.05) is 6.07 Å². The van der Waals surface area contributed by atoms with E-state index in [1.807, 2.05) is 38.1 Å². The number of amides is 1. The van der Waals surface area contributed by atoms with E-state index in [2.05, 4.69) is 15.1 Å². The molecule has 26 heavy (non-hydrogen) atoms. The summed E-state index contributed by atoms with van der Waals surface area (Å²) in [6, 6.07) is 15.8. The molecule has 0 aliphatic rings. The van der Waals surface area contributed by atoms with Gasteiger partial charge in [0.05, 0.1) is 6.21 Å². The van der Waals surface area contributed by atoms with Gasteiger partial charge in [0.25, 0.3) is 5.91 Å². The van der Waals surface area contributed by atoms with Crippen molar-refractivity contribution in [2.45, 2.75) is 13.8 Å². The third kappa shape index (κ3) is 3.44. The van der Waals surface area contributed by atoms with Crippen LogP contribution in [-0.2, 0) is 0 Å². The molecule has 1 heterocycles. The Morgan fingerprint density at radius 3 is 2.31 bits per heavy atom. The number of aromatic nitrogens is 1. The van der Waals surface area contributed by atoms with Crippen molar-refractivity contribution in [1.82, 2.24) is 9.99 Å². The van der Waals surface area contributed by atoms with Crippen molar-refractivity contribution < 1.29 is 15.0 Å². The molecular weight excluding hydrogens is 330 g/mol. The van der Waals surface area contributed by atoms with Crippen LogP contribution in [0.15, 0.2) is 59.7 Å². The fourth-order valence-electron chi connectivity index (χ4n) is 2.72. The topological polar surface area (TPSA) is 86.9 Å². The Kier molecular flexibility index (Phi) is 4.75. The molecular formula is C20H19N3O3. The van der Waals surface area contributed by atoms with Crippen LogP contribution < -0.4 is 5.43 Å². The summed E-state index contributed by atoms with van der Waals surface area (Å²) >= 11 is 0. The second-order valence-corrected chi connectivity index (χ2v) is 5.91. The van der Waals surface area contributed by atoms with Crippen LogP contribution in [0.4, 0.5) is 0 Å². The maximum atomic E-state index is 12.2. The van der Waals surface area contributed by atoms with Crippen LogP contribution in [0.2, 0.25) is 0 Å². The Morgan fingerprint density at radius 1 is 1.00 bits per heavy atom. The number of hydrazone groups is 1. The molecule has 0 saturated carbocycles. The van der Waals surface area contributed by atoms with Crippen molar-refractivity contribution >= 4 is 12.1 Å². The molecule has 0 atom stereocenters. The van der Waals surface area contributed by atoms with Crippen molar-refractivity contribution in [2.24, 2.45) is 5.10 Å². The number of benzene rings is 2. The minimum absolute atomic E-state index is 0.244. The van der Waals surface area contributed by atoms with Gasteiger partial charge in [-0.3, -0.25) is 4.79 Å². The number of phenolic OH excluding ortho intramolecular Hbond substituents is 2. The molecule has 6 heteroatoms. The van der Waals surface area contributed by atoms with Gasteiger partial charge in [-0.05, 0) is 62.4 Å². The summed E-state index contributed by atoms with van der Waals surface area (Å²) < 4.78 is 2.10. The van der Waals surface area contributed by atoms with Gasteiger partial charge in [0.1, 0.15) is 0 Å². The fourth-order valence-corrected chi connectivity index (χ4v) is 2.72. The van der Waals surface area contributed by atoms with E-state index in [1.165, 1.54) is 12.3 Å². The maximum absolute atomic E-state index is 12.2. The smallest absolute Gasteiger partial charge is 0.271 e. The van der Waals surface area contributed by atoms with E-state index in [-0.39, 0.29) is 17.4 Å². The number of carbonyl (C=O) groups is 1. The Balaban J connectivity index is 1.71. The third-order valence-electron chi connectivity index (χ3n) is 4.07. The summed E-state index contributed by atoms with van der Waals surface area (Å²) in [5.41, 5.74) is 6.40. The first kappa shape index (κ1) is 17.3. The molecule has 132 valence electrons. The lowest BCUT2D eigenvalue weighted by atomic mass is 10.2. The van der Waals surface area contributed by atoms with Crippen LogP contribution in [-0.4, -0.2) is 26.9 Å². The minimum Gasteiger partial charge on any atom is -0.504 e. The summed E-state index contributed by atoms with van der Waals surface area (Å²) in [6.07, 6.45) is 1.27. The van der Waals surface area contributed by atoms with Gasteiger partial charge < -0.3 is 14.8 Å². The SMILES string of the molecule is Cc1ccc(C)n1-c1ccc(C(=O)N/N=C/c2cccc(O)c2O)cc1. The van der Waals surface area contributed by atoms with Crippen LogP contribution in [0.1, 0.15) is 27.3 Å².